The molecule has 0 atom stereocenters. The second-order valence-corrected chi connectivity index (χ2v) is 8.25. The van der Waals surface area contributed by atoms with Crippen molar-refractivity contribution in [3.8, 4) is 11.5 Å². The van der Waals surface area contributed by atoms with Crippen molar-refractivity contribution in [1.82, 2.24) is 20.6 Å². The predicted octanol–water partition coefficient (Wildman–Crippen LogP) is 5.12. The van der Waals surface area contributed by atoms with Gasteiger partial charge in [-0.25, -0.2) is 14.7 Å². The van der Waals surface area contributed by atoms with E-state index in [9.17, 15) is 18.0 Å². The van der Waals surface area contributed by atoms with Crippen LogP contribution in [0.15, 0.2) is 42.6 Å². The summed E-state index contributed by atoms with van der Waals surface area (Å²) < 4.78 is 51.9. The van der Waals surface area contributed by atoms with Gasteiger partial charge in [0.05, 0.1) is 25.5 Å². The molecule has 1 aliphatic rings. The molecule has 2 heterocycles. The third kappa shape index (κ3) is 5.69. The number of nitrogens with zero attached hydrogens (tertiary/aromatic N) is 3. The molecule has 0 fully saturated rings. The Morgan fingerprint density at radius 2 is 1.95 bits per heavy atom. The highest BCUT2D eigenvalue weighted by atomic mass is 19.4. The van der Waals surface area contributed by atoms with Crippen LogP contribution < -0.4 is 30.3 Å². The van der Waals surface area contributed by atoms with Crippen molar-refractivity contribution in [1.29, 1.82) is 0 Å². The molecule has 3 aromatic rings. The fourth-order valence-corrected chi connectivity index (χ4v) is 3.92. The average Bonchev–Trinajstić information content (AvgIpc) is 2.88. The number of alkyl halides is 3. The number of rotatable bonds is 9. The summed E-state index contributed by atoms with van der Waals surface area (Å²) in [6.07, 6.45) is -2.20. The molecule has 0 saturated heterocycles. The normalized spacial score (nSPS) is 13.1. The lowest BCUT2D eigenvalue weighted by atomic mass is 10.1. The SMILES string of the molecule is CCCNCc1ccc(Nc2ncc3c(n2)N(c2ccc(OC)cc2OC)C(=O)NC3)cc1C(F)(F)F. The zero-order valence-corrected chi connectivity index (χ0v) is 20.6. The van der Waals surface area contributed by atoms with Crippen LogP contribution in [0.2, 0.25) is 0 Å². The molecular formula is C25H27F3N6O3. The van der Waals surface area contributed by atoms with E-state index in [4.69, 9.17) is 9.47 Å². The molecule has 0 aliphatic carbocycles. The van der Waals surface area contributed by atoms with Crippen molar-refractivity contribution in [3.05, 3.63) is 59.3 Å². The Morgan fingerprint density at radius 3 is 2.65 bits per heavy atom. The topological polar surface area (TPSA) is 101 Å². The van der Waals surface area contributed by atoms with Gasteiger partial charge in [0, 0.05) is 36.6 Å². The monoisotopic (exact) mass is 516 g/mol. The standard InChI is InChI=1S/C25H27F3N6O3/c1-4-9-29-12-15-5-6-17(10-19(15)25(26,27)28)32-23-30-13-16-14-31-24(35)34(22(16)33-23)20-8-7-18(36-2)11-21(20)37-3/h5-8,10-11,13,29H,4,9,12,14H2,1-3H3,(H,31,35)(H,30,32,33). The summed E-state index contributed by atoms with van der Waals surface area (Å²) in [6.45, 7) is 2.86. The first-order valence-electron chi connectivity index (χ1n) is 11.6. The van der Waals surface area contributed by atoms with Crippen LogP contribution in [0.1, 0.15) is 30.0 Å². The number of anilines is 4. The van der Waals surface area contributed by atoms with E-state index in [2.05, 4.69) is 25.9 Å². The minimum absolute atomic E-state index is 0.0379. The van der Waals surface area contributed by atoms with E-state index in [1.54, 1.807) is 18.2 Å². The largest absolute Gasteiger partial charge is 0.497 e. The van der Waals surface area contributed by atoms with Crippen molar-refractivity contribution in [3.63, 3.8) is 0 Å². The number of ether oxygens (including phenoxy) is 2. The van der Waals surface area contributed by atoms with E-state index in [0.717, 1.165) is 12.5 Å². The zero-order valence-electron chi connectivity index (χ0n) is 20.6. The molecule has 0 radical (unpaired) electrons. The molecule has 2 aromatic carbocycles. The third-order valence-electron chi connectivity index (χ3n) is 5.73. The van der Waals surface area contributed by atoms with Crippen LogP contribution in [-0.4, -0.2) is 36.8 Å². The number of benzene rings is 2. The summed E-state index contributed by atoms with van der Waals surface area (Å²) in [4.78, 5) is 22.9. The highest BCUT2D eigenvalue weighted by Gasteiger charge is 2.34. The highest BCUT2D eigenvalue weighted by molar-refractivity contribution is 6.02. The predicted molar refractivity (Wildman–Crippen MR) is 133 cm³/mol. The molecule has 12 heteroatoms. The van der Waals surface area contributed by atoms with Gasteiger partial charge in [-0.3, -0.25) is 0 Å². The quantitative estimate of drug-likeness (QED) is 0.340. The molecule has 9 nitrogen and oxygen atoms in total. The van der Waals surface area contributed by atoms with Crippen LogP contribution in [-0.2, 0) is 19.3 Å². The zero-order chi connectivity index (χ0) is 26.6. The molecule has 0 bridgehead atoms. The summed E-state index contributed by atoms with van der Waals surface area (Å²) in [7, 11) is 2.98. The molecule has 2 amide bonds. The van der Waals surface area contributed by atoms with Gasteiger partial charge in [-0.15, -0.1) is 0 Å². The summed E-state index contributed by atoms with van der Waals surface area (Å²) in [5.41, 5.74) is 0.599. The van der Waals surface area contributed by atoms with E-state index in [1.165, 1.54) is 37.4 Å². The van der Waals surface area contributed by atoms with Crippen LogP contribution in [0.4, 0.5) is 41.1 Å². The van der Waals surface area contributed by atoms with E-state index >= 15 is 0 Å². The first-order chi connectivity index (χ1) is 17.7. The fourth-order valence-electron chi connectivity index (χ4n) is 3.92. The molecular weight excluding hydrogens is 489 g/mol. The highest BCUT2D eigenvalue weighted by Crippen LogP contribution is 2.39. The van der Waals surface area contributed by atoms with Gasteiger partial charge in [-0.1, -0.05) is 13.0 Å². The van der Waals surface area contributed by atoms with Gasteiger partial charge < -0.3 is 25.4 Å². The number of carbonyl (C=O) groups is 1. The van der Waals surface area contributed by atoms with Gasteiger partial charge in [-0.05, 0) is 42.8 Å². The van der Waals surface area contributed by atoms with Gasteiger partial charge in [0.2, 0.25) is 5.95 Å². The van der Waals surface area contributed by atoms with E-state index in [0.29, 0.717) is 29.3 Å². The second kappa shape index (κ2) is 10.9. The number of hydrogen-bond donors (Lipinski definition) is 3. The molecule has 0 unspecified atom stereocenters. The maximum atomic E-state index is 13.8. The van der Waals surface area contributed by atoms with Gasteiger partial charge in [0.25, 0.3) is 0 Å². The van der Waals surface area contributed by atoms with Crippen LogP contribution in [0.25, 0.3) is 0 Å². The summed E-state index contributed by atoms with van der Waals surface area (Å²) in [6, 6.07) is 8.52. The number of fused-ring (bicyclic) bond motifs is 1. The van der Waals surface area contributed by atoms with Crippen LogP contribution >= 0.6 is 0 Å². The lowest BCUT2D eigenvalue weighted by Gasteiger charge is -2.30. The number of carbonyl (C=O) groups excluding carboxylic acids is 1. The molecule has 0 spiro atoms. The molecule has 196 valence electrons. The average molecular weight is 517 g/mol. The summed E-state index contributed by atoms with van der Waals surface area (Å²) in [5, 5.41) is 8.60. The number of methoxy groups -OCH3 is 2. The van der Waals surface area contributed by atoms with Gasteiger partial charge in [-0.2, -0.15) is 18.2 Å². The summed E-state index contributed by atoms with van der Waals surface area (Å²) >= 11 is 0. The Hall–Kier alpha value is -4.06. The van der Waals surface area contributed by atoms with E-state index in [-0.39, 0.29) is 36.1 Å². The fraction of sp³-hybridized carbons (Fsp3) is 0.320. The van der Waals surface area contributed by atoms with Crippen LogP contribution in [0.5, 0.6) is 11.5 Å². The molecule has 0 saturated carbocycles. The molecule has 1 aliphatic heterocycles. The summed E-state index contributed by atoms with van der Waals surface area (Å²) in [5.74, 6) is 1.23. The minimum Gasteiger partial charge on any atom is -0.497 e. The number of urea groups is 1. The van der Waals surface area contributed by atoms with Crippen molar-refractivity contribution in [2.24, 2.45) is 0 Å². The Labute approximate surface area is 212 Å². The molecule has 3 N–H and O–H groups in total. The number of aromatic nitrogens is 2. The van der Waals surface area contributed by atoms with Crippen molar-refractivity contribution < 1.29 is 27.4 Å². The maximum Gasteiger partial charge on any atom is 0.416 e. The number of halogens is 3. The first-order valence-corrected chi connectivity index (χ1v) is 11.6. The Bertz CT molecular complexity index is 1290. The van der Waals surface area contributed by atoms with Gasteiger partial charge in [0.1, 0.15) is 11.5 Å². The molecule has 37 heavy (non-hydrogen) atoms. The van der Waals surface area contributed by atoms with Gasteiger partial charge in [0.15, 0.2) is 5.82 Å². The smallest absolute Gasteiger partial charge is 0.416 e. The van der Waals surface area contributed by atoms with Crippen molar-refractivity contribution in [2.45, 2.75) is 32.6 Å². The first kappa shape index (κ1) is 26.0. The third-order valence-corrected chi connectivity index (χ3v) is 5.73. The Morgan fingerprint density at radius 1 is 1.14 bits per heavy atom. The number of hydrogen-bond acceptors (Lipinski definition) is 7. The van der Waals surface area contributed by atoms with E-state index < -0.39 is 17.8 Å². The van der Waals surface area contributed by atoms with Crippen LogP contribution in [0, 0.1) is 0 Å². The maximum absolute atomic E-state index is 13.8. The van der Waals surface area contributed by atoms with Crippen molar-refractivity contribution >= 4 is 29.2 Å². The van der Waals surface area contributed by atoms with E-state index in [1.807, 2.05) is 6.92 Å². The number of amides is 2. The Kier molecular flexibility index (Phi) is 7.67. The molecule has 4 rings (SSSR count). The number of nitrogens with one attached hydrogen (secondary N) is 3. The lowest BCUT2D eigenvalue weighted by molar-refractivity contribution is -0.138. The van der Waals surface area contributed by atoms with Crippen molar-refractivity contribution in [2.75, 3.05) is 31.0 Å². The Balaban J connectivity index is 1.68. The lowest BCUT2D eigenvalue weighted by Crippen LogP contribution is -2.42. The second-order valence-electron chi connectivity index (χ2n) is 8.25. The molecule has 1 aromatic heterocycles. The minimum atomic E-state index is -4.53. The van der Waals surface area contributed by atoms with Gasteiger partial charge >= 0.3 is 12.2 Å². The van der Waals surface area contributed by atoms with Crippen LogP contribution in [0.3, 0.4) is 0 Å².